The van der Waals surface area contributed by atoms with Crippen molar-refractivity contribution in [1.29, 1.82) is 0 Å². The zero-order chi connectivity index (χ0) is 21.0. The van der Waals surface area contributed by atoms with Crippen molar-refractivity contribution in [3.8, 4) is 5.75 Å². The fraction of sp³-hybridized carbons (Fsp3) is 0.714. The van der Waals surface area contributed by atoms with E-state index in [0.29, 0.717) is 38.7 Å². The summed E-state index contributed by atoms with van der Waals surface area (Å²) >= 11 is 0. The van der Waals surface area contributed by atoms with E-state index in [0.717, 1.165) is 38.5 Å². The van der Waals surface area contributed by atoms with Crippen LogP contribution >= 0.6 is 0 Å². The lowest BCUT2D eigenvalue weighted by Gasteiger charge is -2.39. The first-order chi connectivity index (χ1) is 13.8. The third kappa shape index (κ3) is 5.70. The van der Waals surface area contributed by atoms with E-state index < -0.39 is 10.2 Å². The molecule has 2 heterocycles. The molecular weight excluding hydrogens is 388 g/mol. The summed E-state index contributed by atoms with van der Waals surface area (Å²) in [5.41, 5.74) is 2.62. The highest BCUT2D eigenvalue weighted by Crippen LogP contribution is 2.23. The van der Waals surface area contributed by atoms with Crippen molar-refractivity contribution in [2.24, 2.45) is 0 Å². The molecule has 0 radical (unpaired) electrons. The molecule has 2 aliphatic rings. The van der Waals surface area contributed by atoms with Gasteiger partial charge in [0.1, 0.15) is 12.4 Å². The zero-order valence-corrected chi connectivity index (χ0v) is 19.1. The van der Waals surface area contributed by atoms with Gasteiger partial charge in [0, 0.05) is 58.9 Å². The van der Waals surface area contributed by atoms with Crippen LogP contribution in [0.2, 0.25) is 0 Å². The third-order valence-corrected chi connectivity index (χ3v) is 8.02. The van der Waals surface area contributed by atoms with E-state index in [1.54, 1.807) is 8.61 Å². The van der Waals surface area contributed by atoms with Gasteiger partial charge in [-0.2, -0.15) is 17.0 Å². The number of piperazine rings is 2. The second kappa shape index (κ2) is 9.75. The number of aryl methyl sites for hydroxylation is 1. The van der Waals surface area contributed by atoms with E-state index in [-0.39, 0.29) is 0 Å². The van der Waals surface area contributed by atoms with Crippen LogP contribution in [0, 0.1) is 6.92 Å². The highest BCUT2D eigenvalue weighted by Gasteiger charge is 2.33. The lowest BCUT2D eigenvalue weighted by Crippen LogP contribution is -2.56. The van der Waals surface area contributed by atoms with Gasteiger partial charge in [0.2, 0.25) is 0 Å². The third-order valence-electron chi connectivity index (χ3n) is 5.99. The second-order valence-electron chi connectivity index (χ2n) is 8.47. The minimum absolute atomic E-state index is 0.516. The van der Waals surface area contributed by atoms with Gasteiger partial charge in [-0.1, -0.05) is 19.9 Å². The molecule has 0 aromatic heterocycles. The Morgan fingerprint density at radius 1 is 0.966 bits per heavy atom. The number of hydrogen-bond acceptors (Lipinski definition) is 5. The molecule has 3 rings (SSSR count). The summed E-state index contributed by atoms with van der Waals surface area (Å²) in [6.07, 6.45) is 0. The lowest BCUT2D eigenvalue weighted by molar-refractivity contribution is 0.149. The summed E-state index contributed by atoms with van der Waals surface area (Å²) in [6, 6.07) is 6.30. The molecule has 2 saturated heterocycles. The number of ether oxygens (including phenoxy) is 1. The molecule has 0 aliphatic carbocycles. The van der Waals surface area contributed by atoms with Crippen LogP contribution in [0.25, 0.3) is 0 Å². The number of benzene rings is 1. The van der Waals surface area contributed by atoms with Crippen LogP contribution in [-0.4, -0.2) is 99.4 Å². The Bertz CT molecular complexity index is 768. The summed E-state index contributed by atoms with van der Waals surface area (Å²) < 4.78 is 34.9. The standard InChI is InChI=1S/C21H36N4O3S/c1-18(2)21-6-5-20(17-19(21)3)28-16-15-23-9-13-25(14-10-23)29(26,27)24-11-7-22(4)8-12-24/h5-6,17-18H,7-16H2,1-4H3. The number of likely N-dealkylation sites (N-methyl/N-ethyl adjacent to an activating group) is 1. The van der Waals surface area contributed by atoms with Gasteiger partial charge < -0.3 is 9.64 Å². The fourth-order valence-corrected chi connectivity index (χ4v) is 5.62. The van der Waals surface area contributed by atoms with E-state index in [2.05, 4.69) is 42.7 Å². The van der Waals surface area contributed by atoms with Crippen LogP contribution in [0.15, 0.2) is 18.2 Å². The van der Waals surface area contributed by atoms with Gasteiger partial charge in [0.15, 0.2) is 0 Å². The number of hydrogen-bond donors (Lipinski definition) is 0. The topological polar surface area (TPSA) is 56.3 Å². The largest absolute Gasteiger partial charge is 0.492 e. The SMILES string of the molecule is Cc1cc(OCCN2CCN(S(=O)(=O)N3CCN(C)CC3)CC2)ccc1C(C)C. The Balaban J connectivity index is 1.42. The van der Waals surface area contributed by atoms with Crippen molar-refractivity contribution >= 4 is 10.2 Å². The maximum absolute atomic E-state index is 12.9. The molecule has 0 saturated carbocycles. The van der Waals surface area contributed by atoms with Crippen molar-refractivity contribution in [3.63, 3.8) is 0 Å². The van der Waals surface area contributed by atoms with Crippen molar-refractivity contribution in [2.45, 2.75) is 26.7 Å². The first kappa shape index (κ1) is 22.5. The van der Waals surface area contributed by atoms with Crippen molar-refractivity contribution < 1.29 is 13.2 Å². The Morgan fingerprint density at radius 3 is 2.10 bits per heavy atom. The summed E-state index contributed by atoms with van der Waals surface area (Å²) in [6.45, 7) is 13.3. The lowest BCUT2D eigenvalue weighted by atomic mass is 9.98. The molecule has 8 heteroatoms. The van der Waals surface area contributed by atoms with Crippen molar-refractivity contribution in [3.05, 3.63) is 29.3 Å². The van der Waals surface area contributed by atoms with Gasteiger partial charge in [0.05, 0.1) is 0 Å². The molecule has 2 aliphatic heterocycles. The quantitative estimate of drug-likeness (QED) is 0.666. The first-order valence-electron chi connectivity index (χ1n) is 10.7. The van der Waals surface area contributed by atoms with Crippen LogP contribution in [-0.2, 0) is 10.2 Å². The average Bonchev–Trinajstić information content (AvgIpc) is 2.68. The molecule has 0 unspecified atom stereocenters. The average molecular weight is 425 g/mol. The van der Waals surface area contributed by atoms with E-state index in [4.69, 9.17) is 4.74 Å². The monoisotopic (exact) mass is 424 g/mol. The van der Waals surface area contributed by atoms with Crippen LogP contribution in [0.5, 0.6) is 5.75 Å². The number of rotatable bonds is 7. The van der Waals surface area contributed by atoms with Gasteiger partial charge in [-0.15, -0.1) is 0 Å². The Hall–Kier alpha value is -1.19. The van der Waals surface area contributed by atoms with Gasteiger partial charge in [-0.05, 0) is 43.1 Å². The Morgan fingerprint density at radius 2 is 1.55 bits per heavy atom. The summed E-state index contributed by atoms with van der Waals surface area (Å²) in [5.74, 6) is 1.42. The van der Waals surface area contributed by atoms with Crippen LogP contribution in [0.3, 0.4) is 0 Å². The normalized spacial score (nSPS) is 21.0. The van der Waals surface area contributed by atoms with Crippen LogP contribution in [0.1, 0.15) is 30.9 Å². The Labute approximate surface area is 176 Å². The molecule has 0 spiro atoms. The fourth-order valence-electron chi connectivity index (χ4n) is 4.04. The van der Waals surface area contributed by atoms with Crippen LogP contribution < -0.4 is 4.74 Å². The first-order valence-corrected chi connectivity index (χ1v) is 12.1. The van der Waals surface area contributed by atoms with Gasteiger partial charge in [-0.3, -0.25) is 4.90 Å². The van der Waals surface area contributed by atoms with Crippen molar-refractivity contribution in [2.75, 3.05) is 72.6 Å². The van der Waals surface area contributed by atoms with Crippen molar-refractivity contribution in [1.82, 2.24) is 18.4 Å². The maximum atomic E-state index is 12.9. The highest BCUT2D eigenvalue weighted by atomic mass is 32.2. The molecule has 2 fully saturated rings. The highest BCUT2D eigenvalue weighted by molar-refractivity contribution is 7.86. The summed E-state index contributed by atoms with van der Waals surface area (Å²) in [5, 5.41) is 0. The van der Waals surface area contributed by atoms with E-state index >= 15 is 0 Å². The summed E-state index contributed by atoms with van der Waals surface area (Å²) in [4.78, 5) is 4.45. The smallest absolute Gasteiger partial charge is 0.282 e. The van der Waals surface area contributed by atoms with E-state index in [1.165, 1.54) is 11.1 Å². The molecular formula is C21H36N4O3S. The molecule has 0 atom stereocenters. The second-order valence-corrected chi connectivity index (χ2v) is 10.4. The van der Waals surface area contributed by atoms with E-state index in [1.807, 2.05) is 13.1 Å². The molecule has 1 aromatic carbocycles. The molecule has 164 valence electrons. The van der Waals surface area contributed by atoms with Gasteiger partial charge in [-0.25, -0.2) is 0 Å². The van der Waals surface area contributed by atoms with Gasteiger partial charge in [0.25, 0.3) is 10.2 Å². The molecule has 0 N–H and O–H groups in total. The molecule has 0 amide bonds. The molecule has 7 nitrogen and oxygen atoms in total. The molecule has 0 bridgehead atoms. The Kier molecular flexibility index (Phi) is 7.56. The molecule has 29 heavy (non-hydrogen) atoms. The predicted molar refractivity (Wildman–Crippen MR) is 117 cm³/mol. The summed E-state index contributed by atoms with van der Waals surface area (Å²) in [7, 11) is -1.30. The minimum atomic E-state index is -3.33. The predicted octanol–water partition coefficient (Wildman–Crippen LogP) is 1.61. The molecule has 1 aromatic rings. The maximum Gasteiger partial charge on any atom is 0.282 e. The zero-order valence-electron chi connectivity index (χ0n) is 18.3. The van der Waals surface area contributed by atoms with Crippen LogP contribution in [0.4, 0.5) is 0 Å². The number of nitrogens with zero attached hydrogens (tertiary/aromatic N) is 4. The van der Waals surface area contributed by atoms with Gasteiger partial charge >= 0.3 is 0 Å². The minimum Gasteiger partial charge on any atom is -0.492 e. The van der Waals surface area contributed by atoms with E-state index in [9.17, 15) is 8.42 Å².